The van der Waals surface area contributed by atoms with Crippen molar-refractivity contribution in [3.8, 4) is 28.6 Å². The molecule has 1 aliphatic heterocycles. The Kier molecular flexibility index (Phi) is 7.08. The molecule has 1 atom stereocenters. The number of aliphatic hydroxyl groups is 1. The molecule has 0 saturated carbocycles. The fourth-order valence-corrected chi connectivity index (χ4v) is 3.14. The number of aryl methyl sites for hydroxylation is 1. The molecule has 9 nitrogen and oxygen atoms in total. The van der Waals surface area contributed by atoms with Crippen molar-refractivity contribution in [3.05, 3.63) is 53.4 Å². The number of nitrogens with zero attached hydrogens (tertiary/aromatic N) is 2. The first-order chi connectivity index (χ1) is 15.6. The third-order valence-corrected chi connectivity index (χ3v) is 4.94. The number of fused-ring (bicyclic) bond motifs is 1. The monoisotopic (exact) mass is 459 g/mol. The van der Waals surface area contributed by atoms with Gasteiger partial charge in [0.15, 0.2) is 11.5 Å². The number of rotatable bonds is 10. The Morgan fingerprint density at radius 3 is 2.84 bits per heavy atom. The van der Waals surface area contributed by atoms with Gasteiger partial charge in [0.05, 0.1) is 0 Å². The van der Waals surface area contributed by atoms with E-state index in [1.54, 1.807) is 30.3 Å². The molecule has 1 aromatic heterocycles. The van der Waals surface area contributed by atoms with Gasteiger partial charge in [-0.2, -0.15) is 4.98 Å². The number of aromatic nitrogens is 2. The molecule has 2 heterocycles. The first kappa shape index (κ1) is 21.9. The van der Waals surface area contributed by atoms with Crippen LogP contribution < -0.4 is 19.5 Å². The smallest absolute Gasteiger partial charge is 0.231 e. The molecule has 1 amide bonds. The number of ether oxygens (including phenoxy) is 3. The molecular formula is C22H22ClN3O6. The number of amides is 1. The fraction of sp³-hybridized carbons (Fsp3) is 0.318. The van der Waals surface area contributed by atoms with Crippen molar-refractivity contribution in [2.45, 2.75) is 25.4 Å². The second kappa shape index (κ2) is 10.3. The van der Waals surface area contributed by atoms with Crippen LogP contribution in [0.5, 0.6) is 17.2 Å². The van der Waals surface area contributed by atoms with Gasteiger partial charge in [0, 0.05) is 36.0 Å². The maximum atomic E-state index is 12.0. The van der Waals surface area contributed by atoms with Crippen molar-refractivity contribution in [2.24, 2.45) is 0 Å². The zero-order valence-electron chi connectivity index (χ0n) is 17.1. The van der Waals surface area contributed by atoms with Crippen molar-refractivity contribution >= 4 is 17.5 Å². The lowest BCUT2D eigenvalue weighted by Gasteiger charge is -2.13. The number of carbonyl (C=O) groups is 1. The van der Waals surface area contributed by atoms with E-state index < -0.39 is 6.10 Å². The second-order valence-electron chi connectivity index (χ2n) is 7.16. The highest BCUT2D eigenvalue weighted by Gasteiger charge is 2.15. The molecule has 168 valence electrons. The van der Waals surface area contributed by atoms with E-state index in [0.29, 0.717) is 46.8 Å². The number of hydrogen-bond donors (Lipinski definition) is 2. The van der Waals surface area contributed by atoms with E-state index in [-0.39, 0.29) is 32.3 Å². The molecule has 0 fully saturated rings. The van der Waals surface area contributed by atoms with Crippen LogP contribution in [0.2, 0.25) is 5.02 Å². The summed E-state index contributed by atoms with van der Waals surface area (Å²) < 4.78 is 21.3. The van der Waals surface area contributed by atoms with Crippen LogP contribution in [0.3, 0.4) is 0 Å². The maximum absolute atomic E-state index is 12.0. The molecule has 4 rings (SSSR count). The Morgan fingerprint density at radius 1 is 1.19 bits per heavy atom. The number of benzene rings is 2. The first-order valence-corrected chi connectivity index (χ1v) is 10.5. The highest BCUT2D eigenvalue weighted by molar-refractivity contribution is 6.30. The van der Waals surface area contributed by atoms with Crippen LogP contribution in [-0.2, 0) is 11.2 Å². The molecule has 1 unspecified atom stereocenters. The summed E-state index contributed by atoms with van der Waals surface area (Å²) in [6.07, 6.45) is 0.443. The van der Waals surface area contributed by atoms with E-state index in [1.807, 2.05) is 12.1 Å². The van der Waals surface area contributed by atoms with Crippen molar-refractivity contribution < 1.29 is 28.6 Å². The lowest BCUT2D eigenvalue weighted by atomic mass is 10.2. The lowest BCUT2D eigenvalue weighted by molar-refractivity contribution is -0.121. The third-order valence-electron chi connectivity index (χ3n) is 4.69. The standard InChI is InChI=1S/C22H22ClN3O6/c23-15-6-4-14(5-7-15)22-25-21(32-26-22)3-1-2-20(28)24-11-16(27)12-29-17-8-9-18-19(10-17)31-13-30-18/h4-10,16,27H,1-3,11-13H2,(H,24,28). The predicted molar refractivity (Wildman–Crippen MR) is 115 cm³/mol. The van der Waals surface area contributed by atoms with Crippen molar-refractivity contribution in [2.75, 3.05) is 19.9 Å². The average molecular weight is 460 g/mol. The van der Waals surface area contributed by atoms with E-state index in [2.05, 4.69) is 15.5 Å². The summed E-state index contributed by atoms with van der Waals surface area (Å²) in [5.41, 5.74) is 0.805. The van der Waals surface area contributed by atoms with E-state index in [0.717, 1.165) is 5.56 Å². The topological polar surface area (TPSA) is 116 Å². The minimum atomic E-state index is -0.845. The van der Waals surface area contributed by atoms with Gasteiger partial charge in [-0.15, -0.1) is 0 Å². The van der Waals surface area contributed by atoms with Gasteiger partial charge in [-0.1, -0.05) is 16.8 Å². The zero-order chi connectivity index (χ0) is 22.3. The molecule has 0 bridgehead atoms. The molecule has 0 saturated heterocycles. The van der Waals surface area contributed by atoms with Gasteiger partial charge in [-0.05, 0) is 42.8 Å². The van der Waals surface area contributed by atoms with Crippen molar-refractivity contribution in [1.29, 1.82) is 0 Å². The van der Waals surface area contributed by atoms with Gasteiger partial charge < -0.3 is 29.2 Å². The summed E-state index contributed by atoms with van der Waals surface area (Å²) in [6, 6.07) is 12.3. The SMILES string of the molecule is O=C(CCCc1nc(-c2ccc(Cl)cc2)no1)NCC(O)COc1ccc2c(c1)OCO2. The van der Waals surface area contributed by atoms with Gasteiger partial charge in [0.1, 0.15) is 18.5 Å². The minimum Gasteiger partial charge on any atom is -0.491 e. The first-order valence-electron chi connectivity index (χ1n) is 10.1. The largest absolute Gasteiger partial charge is 0.491 e. The van der Waals surface area contributed by atoms with Gasteiger partial charge in [0.25, 0.3) is 0 Å². The molecule has 2 aromatic carbocycles. The van der Waals surface area contributed by atoms with Crippen LogP contribution >= 0.6 is 11.6 Å². The summed E-state index contributed by atoms with van der Waals surface area (Å²) in [5.74, 6) is 2.58. The quantitative estimate of drug-likeness (QED) is 0.475. The summed E-state index contributed by atoms with van der Waals surface area (Å²) >= 11 is 5.88. The van der Waals surface area contributed by atoms with Crippen LogP contribution in [0.4, 0.5) is 0 Å². The summed E-state index contributed by atoms with van der Waals surface area (Å²) in [6.45, 7) is 0.309. The fourth-order valence-electron chi connectivity index (χ4n) is 3.01. The highest BCUT2D eigenvalue weighted by atomic mass is 35.5. The third kappa shape index (κ3) is 5.89. The van der Waals surface area contributed by atoms with Gasteiger partial charge in [-0.25, -0.2) is 0 Å². The number of hydrogen-bond acceptors (Lipinski definition) is 8. The van der Waals surface area contributed by atoms with Crippen LogP contribution in [0.15, 0.2) is 47.0 Å². The van der Waals surface area contributed by atoms with Crippen LogP contribution in [0.25, 0.3) is 11.4 Å². The van der Waals surface area contributed by atoms with Crippen molar-refractivity contribution in [3.63, 3.8) is 0 Å². The number of aliphatic hydroxyl groups excluding tert-OH is 1. The molecule has 1 aliphatic rings. The maximum Gasteiger partial charge on any atom is 0.231 e. The summed E-state index contributed by atoms with van der Waals surface area (Å²) in [7, 11) is 0. The second-order valence-corrected chi connectivity index (χ2v) is 7.59. The Bertz CT molecular complexity index is 1060. The molecule has 0 radical (unpaired) electrons. The van der Waals surface area contributed by atoms with E-state index >= 15 is 0 Å². The van der Waals surface area contributed by atoms with Crippen LogP contribution in [0, 0.1) is 0 Å². The molecule has 3 aromatic rings. The number of nitrogens with one attached hydrogen (secondary N) is 1. The van der Waals surface area contributed by atoms with Gasteiger partial charge in [-0.3, -0.25) is 4.79 Å². The molecule has 2 N–H and O–H groups in total. The Balaban J connectivity index is 1.13. The van der Waals surface area contributed by atoms with E-state index in [4.69, 9.17) is 30.3 Å². The summed E-state index contributed by atoms with van der Waals surface area (Å²) in [4.78, 5) is 16.4. The van der Waals surface area contributed by atoms with Crippen LogP contribution in [0.1, 0.15) is 18.7 Å². The van der Waals surface area contributed by atoms with Gasteiger partial charge in [0.2, 0.25) is 24.4 Å². The molecule has 0 spiro atoms. The Morgan fingerprint density at radius 2 is 2.00 bits per heavy atom. The van der Waals surface area contributed by atoms with E-state index in [9.17, 15) is 9.90 Å². The highest BCUT2D eigenvalue weighted by Crippen LogP contribution is 2.35. The molecular weight excluding hydrogens is 438 g/mol. The Hall–Kier alpha value is -3.30. The molecule has 32 heavy (non-hydrogen) atoms. The van der Waals surface area contributed by atoms with Crippen molar-refractivity contribution in [1.82, 2.24) is 15.5 Å². The zero-order valence-corrected chi connectivity index (χ0v) is 17.9. The number of halogens is 1. The van der Waals surface area contributed by atoms with Gasteiger partial charge >= 0.3 is 0 Å². The molecule has 10 heteroatoms. The average Bonchev–Trinajstić information content (AvgIpc) is 3.46. The summed E-state index contributed by atoms with van der Waals surface area (Å²) in [5, 5.41) is 17.3. The lowest BCUT2D eigenvalue weighted by Crippen LogP contribution is -2.35. The minimum absolute atomic E-state index is 0.0371. The normalized spacial score (nSPS) is 13.1. The van der Waals surface area contributed by atoms with E-state index in [1.165, 1.54) is 0 Å². The van der Waals surface area contributed by atoms with Crippen LogP contribution in [-0.4, -0.2) is 47.2 Å². The Labute approximate surface area is 189 Å². The predicted octanol–water partition coefficient (Wildman–Crippen LogP) is 3.00. The molecule has 0 aliphatic carbocycles. The number of carbonyl (C=O) groups excluding carboxylic acids is 1.